The summed E-state index contributed by atoms with van der Waals surface area (Å²) in [6.07, 6.45) is 6.89. The van der Waals surface area contributed by atoms with E-state index in [1.54, 1.807) is 0 Å². The summed E-state index contributed by atoms with van der Waals surface area (Å²) in [5, 5.41) is 16.0. The minimum Gasteiger partial charge on any atom is -0.382 e. The topological polar surface area (TPSA) is 61.4 Å². The molecule has 4 nitrogen and oxygen atoms in total. The lowest BCUT2D eigenvalue weighted by molar-refractivity contribution is -0.131. The number of aliphatic hydroxyl groups excluding tert-OH is 1. The summed E-state index contributed by atoms with van der Waals surface area (Å²) in [4.78, 5) is 11.8. The molecule has 2 unspecified atom stereocenters. The van der Waals surface area contributed by atoms with Crippen LogP contribution in [0, 0.1) is 0 Å². The van der Waals surface area contributed by atoms with E-state index in [1.165, 1.54) is 19.3 Å². The normalized spacial score (nSPS) is 27.2. The Morgan fingerprint density at radius 1 is 1.18 bits per heavy atom. The van der Waals surface area contributed by atoms with Gasteiger partial charge in [0.25, 0.3) is 5.91 Å². The van der Waals surface area contributed by atoms with Gasteiger partial charge in [0.05, 0.1) is 0 Å². The molecule has 1 saturated carbocycles. The lowest BCUT2D eigenvalue weighted by atomic mass is 9.95. The van der Waals surface area contributed by atoms with Crippen molar-refractivity contribution in [2.24, 2.45) is 0 Å². The van der Waals surface area contributed by atoms with E-state index < -0.39 is 6.10 Å². The fourth-order valence-corrected chi connectivity index (χ4v) is 2.70. The molecule has 0 bridgehead atoms. The number of aliphatic hydroxyl groups is 1. The highest BCUT2D eigenvalue weighted by Crippen LogP contribution is 2.18. The summed E-state index contributed by atoms with van der Waals surface area (Å²) in [6, 6.07) is 0.251. The Bertz CT molecular complexity index is 239. The number of carbonyl (C=O) groups excluding carboxylic acids is 1. The lowest BCUT2D eigenvalue weighted by Crippen LogP contribution is -2.49. The highest BCUT2D eigenvalue weighted by molar-refractivity contribution is 5.85. The van der Waals surface area contributed by atoms with Crippen LogP contribution in [0.2, 0.25) is 0 Å². The van der Waals surface area contributed by atoms with Gasteiger partial charge in [0.2, 0.25) is 0 Å². The number of carbonyl (C=O) groups is 1. The van der Waals surface area contributed by atoms with E-state index in [-0.39, 0.29) is 30.4 Å². The predicted octanol–water partition coefficient (Wildman–Crippen LogP) is 0.970. The van der Waals surface area contributed by atoms with Crippen LogP contribution in [0.25, 0.3) is 0 Å². The predicted molar refractivity (Wildman–Crippen MR) is 69.3 cm³/mol. The summed E-state index contributed by atoms with van der Waals surface area (Å²) >= 11 is 0. The van der Waals surface area contributed by atoms with Gasteiger partial charge in [-0.15, -0.1) is 12.4 Å². The number of halogens is 1. The molecule has 1 heterocycles. The van der Waals surface area contributed by atoms with Gasteiger partial charge in [-0.2, -0.15) is 0 Å². The van der Waals surface area contributed by atoms with E-state index in [9.17, 15) is 9.90 Å². The van der Waals surface area contributed by atoms with Crippen LogP contribution in [-0.4, -0.2) is 35.7 Å². The Labute approximate surface area is 109 Å². The second kappa shape index (κ2) is 7.19. The van der Waals surface area contributed by atoms with Crippen LogP contribution in [0.15, 0.2) is 0 Å². The maximum Gasteiger partial charge on any atom is 0.250 e. The van der Waals surface area contributed by atoms with Crippen LogP contribution in [0.1, 0.15) is 44.9 Å². The highest BCUT2D eigenvalue weighted by atomic mass is 35.5. The second-order valence-electron chi connectivity index (χ2n) is 4.99. The van der Waals surface area contributed by atoms with Gasteiger partial charge in [0, 0.05) is 12.1 Å². The zero-order valence-corrected chi connectivity index (χ0v) is 11.0. The Hall–Kier alpha value is -0.320. The summed E-state index contributed by atoms with van der Waals surface area (Å²) in [6.45, 7) is 0.915. The van der Waals surface area contributed by atoms with Crippen LogP contribution in [0.3, 0.4) is 0 Å². The molecular formula is C12H23ClN2O2. The quantitative estimate of drug-likeness (QED) is 0.710. The Balaban J connectivity index is 0.00000144. The molecule has 1 aliphatic heterocycles. The van der Waals surface area contributed by atoms with Crippen molar-refractivity contribution < 1.29 is 9.90 Å². The zero-order valence-electron chi connectivity index (χ0n) is 10.2. The van der Waals surface area contributed by atoms with E-state index in [4.69, 9.17) is 0 Å². The third-order valence-electron chi connectivity index (χ3n) is 3.70. The van der Waals surface area contributed by atoms with Crippen LogP contribution in [0.5, 0.6) is 0 Å². The van der Waals surface area contributed by atoms with Crippen molar-refractivity contribution >= 4 is 18.3 Å². The lowest BCUT2D eigenvalue weighted by Gasteiger charge is -2.25. The van der Waals surface area contributed by atoms with Gasteiger partial charge in [-0.25, -0.2) is 0 Å². The molecule has 1 saturated heterocycles. The molecule has 17 heavy (non-hydrogen) atoms. The average Bonchev–Trinajstić information content (AvgIpc) is 2.83. The summed E-state index contributed by atoms with van der Waals surface area (Å²) in [5.41, 5.74) is 0. The second-order valence-corrected chi connectivity index (χ2v) is 4.99. The number of hydrogen-bond donors (Lipinski definition) is 3. The highest BCUT2D eigenvalue weighted by Gasteiger charge is 2.29. The number of nitrogens with one attached hydrogen (secondary N) is 2. The molecule has 0 spiro atoms. The van der Waals surface area contributed by atoms with E-state index in [0.29, 0.717) is 0 Å². The van der Waals surface area contributed by atoms with Crippen LogP contribution < -0.4 is 10.6 Å². The van der Waals surface area contributed by atoms with E-state index in [2.05, 4.69) is 10.6 Å². The van der Waals surface area contributed by atoms with E-state index in [0.717, 1.165) is 32.2 Å². The molecule has 3 N–H and O–H groups in total. The minimum absolute atomic E-state index is 0. The SMILES string of the molecule is Cl.O=C(NC1CCCCC1)C(O)C1CCCN1. The van der Waals surface area contributed by atoms with Crippen molar-refractivity contribution in [3.63, 3.8) is 0 Å². The molecule has 100 valence electrons. The number of rotatable bonds is 3. The first kappa shape index (κ1) is 14.7. The monoisotopic (exact) mass is 262 g/mol. The molecule has 2 aliphatic rings. The van der Waals surface area contributed by atoms with Crippen molar-refractivity contribution in [2.45, 2.75) is 63.1 Å². The van der Waals surface area contributed by atoms with Crippen LogP contribution in [-0.2, 0) is 4.79 Å². The molecule has 0 aromatic heterocycles. The van der Waals surface area contributed by atoms with Gasteiger partial charge in [0.1, 0.15) is 6.10 Å². The molecule has 0 radical (unpaired) electrons. The third-order valence-corrected chi connectivity index (χ3v) is 3.70. The smallest absolute Gasteiger partial charge is 0.250 e. The van der Waals surface area contributed by atoms with Gasteiger partial charge in [-0.1, -0.05) is 19.3 Å². The summed E-state index contributed by atoms with van der Waals surface area (Å²) in [5.74, 6) is -0.189. The third kappa shape index (κ3) is 4.12. The van der Waals surface area contributed by atoms with Gasteiger partial charge in [-0.3, -0.25) is 4.79 Å². The first-order valence-corrected chi connectivity index (χ1v) is 6.49. The molecule has 2 rings (SSSR count). The fourth-order valence-electron chi connectivity index (χ4n) is 2.70. The van der Waals surface area contributed by atoms with Gasteiger partial charge >= 0.3 is 0 Å². The molecule has 1 amide bonds. The maximum atomic E-state index is 11.8. The van der Waals surface area contributed by atoms with E-state index >= 15 is 0 Å². The molecular weight excluding hydrogens is 240 g/mol. The van der Waals surface area contributed by atoms with Crippen molar-refractivity contribution in [1.82, 2.24) is 10.6 Å². The van der Waals surface area contributed by atoms with Crippen LogP contribution in [0.4, 0.5) is 0 Å². The Kier molecular flexibility index (Phi) is 6.23. The Morgan fingerprint density at radius 3 is 2.47 bits per heavy atom. The standard InChI is InChI=1S/C12H22N2O2.ClH/c15-11(10-7-4-8-13-10)12(16)14-9-5-2-1-3-6-9;/h9-11,13,15H,1-8H2,(H,14,16);1H. The van der Waals surface area contributed by atoms with Crippen LogP contribution >= 0.6 is 12.4 Å². The van der Waals surface area contributed by atoms with Crippen molar-refractivity contribution in [3.8, 4) is 0 Å². The average molecular weight is 263 g/mol. The maximum absolute atomic E-state index is 11.8. The molecule has 2 fully saturated rings. The molecule has 5 heteroatoms. The summed E-state index contributed by atoms with van der Waals surface area (Å²) < 4.78 is 0. The molecule has 1 aliphatic carbocycles. The first-order valence-electron chi connectivity index (χ1n) is 6.49. The first-order chi connectivity index (χ1) is 7.77. The summed E-state index contributed by atoms with van der Waals surface area (Å²) in [7, 11) is 0. The van der Waals surface area contributed by atoms with Crippen molar-refractivity contribution in [2.75, 3.05) is 6.54 Å². The van der Waals surface area contributed by atoms with Gasteiger partial charge < -0.3 is 15.7 Å². The number of amides is 1. The van der Waals surface area contributed by atoms with E-state index in [1.807, 2.05) is 0 Å². The van der Waals surface area contributed by atoms with Crippen molar-refractivity contribution in [3.05, 3.63) is 0 Å². The van der Waals surface area contributed by atoms with Crippen molar-refractivity contribution in [1.29, 1.82) is 0 Å². The Morgan fingerprint density at radius 2 is 1.88 bits per heavy atom. The number of hydrogen-bond acceptors (Lipinski definition) is 3. The zero-order chi connectivity index (χ0) is 11.4. The molecule has 0 aromatic rings. The molecule has 0 aromatic carbocycles. The van der Waals surface area contributed by atoms with Gasteiger partial charge in [0.15, 0.2) is 0 Å². The minimum atomic E-state index is -0.871. The fraction of sp³-hybridized carbons (Fsp3) is 0.917. The largest absolute Gasteiger partial charge is 0.382 e. The van der Waals surface area contributed by atoms with Gasteiger partial charge in [-0.05, 0) is 32.2 Å². The molecule has 2 atom stereocenters.